The van der Waals surface area contributed by atoms with Crippen LogP contribution < -0.4 is 0 Å². The molecule has 0 aliphatic rings. The summed E-state index contributed by atoms with van der Waals surface area (Å²) in [6.45, 7) is 4.14. The zero-order valence-corrected chi connectivity index (χ0v) is 11.0. The molecule has 0 spiro atoms. The van der Waals surface area contributed by atoms with Gasteiger partial charge in [0.1, 0.15) is 0 Å². The number of thiophene rings is 1. The fourth-order valence-corrected chi connectivity index (χ4v) is 2.88. The smallest absolute Gasteiger partial charge is 0.177 e. The Kier molecular flexibility index (Phi) is 3.75. The van der Waals surface area contributed by atoms with Gasteiger partial charge in [-0.15, -0.1) is 11.3 Å². The summed E-state index contributed by atoms with van der Waals surface area (Å²) in [5, 5.41) is 2.00. The van der Waals surface area contributed by atoms with Crippen LogP contribution in [0.25, 0.3) is 0 Å². The molecule has 2 rings (SSSR count). The van der Waals surface area contributed by atoms with E-state index in [9.17, 15) is 4.79 Å². The van der Waals surface area contributed by atoms with Crippen molar-refractivity contribution in [1.29, 1.82) is 0 Å². The topological polar surface area (TPSA) is 17.1 Å². The molecular formula is C15H16OS. The van der Waals surface area contributed by atoms with Crippen molar-refractivity contribution in [2.75, 3.05) is 0 Å². The molecule has 0 saturated heterocycles. The molecule has 0 atom stereocenters. The highest BCUT2D eigenvalue weighted by Crippen LogP contribution is 2.20. The average molecular weight is 244 g/mol. The van der Waals surface area contributed by atoms with Crippen LogP contribution in [0.4, 0.5) is 0 Å². The number of ketones is 1. The molecule has 1 heterocycles. The van der Waals surface area contributed by atoms with E-state index in [2.05, 4.69) is 26.0 Å². The van der Waals surface area contributed by atoms with Gasteiger partial charge in [0.2, 0.25) is 0 Å². The molecule has 0 bridgehead atoms. The number of hydrogen-bond acceptors (Lipinski definition) is 2. The van der Waals surface area contributed by atoms with Gasteiger partial charge in [0.05, 0.1) is 4.88 Å². The predicted molar refractivity (Wildman–Crippen MR) is 72.9 cm³/mol. The third kappa shape index (κ3) is 2.83. The molecule has 0 aliphatic heterocycles. The maximum Gasteiger partial charge on any atom is 0.177 e. The number of rotatable bonds is 4. The molecule has 0 fully saturated rings. The Labute approximate surface area is 106 Å². The lowest BCUT2D eigenvalue weighted by Gasteiger charge is -2.02. The molecule has 0 saturated carbocycles. The molecular weight excluding hydrogens is 228 g/mol. The van der Waals surface area contributed by atoms with E-state index in [0.29, 0.717) is 6.42 Å². The van der Waals surface area contributed by atoms with Crippen molar-refractivity contribution >= 4 is 17.1 Å². The van der Waals surface area contributed by atoms with E-state index in [1.807, 2.05) is 23.6 Å². The monoisotopic (exact) mass is 244 g/mol. The fourth-order valence-electron chi connectivity index (χ4n) is 1.95. The molecule has 88 valence electrons. The van der Waals surface area contributed by atoms with E-state index < -0.39 is 0 Å². The van der Waals surface area contributed by atoms with Gasteiger partial charge >= 0.3 is 0 Å². The first-order valence-corrected chi connectivity index (χ1v) is 6.73. The lowest BCUT2D eigenvalue weighted by atomic mass is 10.0. The van der Waals surface area contributed by atoms with Gasteiger partial charge in [-0.3, -0.25) is 4.79 Å². The summed E-state index contributed by atoms with van der Waals surface area (Å²) in [5.41, 5.74) is 3.48. The maximum atomic E-state index is 12.2. The molecule has 1 aromatic heterocycles. The normalized spacial score (nSPS) is 10.5. The second-order valence-corrected chi connectivity index (χ2v) is 5.13. The van der Waals surface area contributed by atoms with E-state index in [4.69, 9.17) is 0 Å². The van der Waals surface area contributed by atoms with Crippen LogP contribution in [0, 0.1) is 6.92 Å². The van der Waals surface area contributed by atoms with Crippen molar-refractivity contribution in [2.24, 2.45) is 0 Å². The molecule has 2 heteroatoms. The van der Waals surface area contributed by atoms with E-state index in [0.717, 1.165) is 16.9 Å². The zero-order valence-electron chi connectivity index (χ0n) is 10.2. The summed E-state index contributed by atoms with van der Waals surface area (Å²) in [6, 6.07) is 10.2. The van der Waals surface area contributed by atoms with Crippen molar-refractivity contribution < 1.29 is 4.79 Å². The number of benzene rings is 1. The summed E-state index contributed by atoms with van der Waals surface area (Å²) in [7, 11) is 0. The summed E-state index contributed by atoms with van der Waals surface area (Å²) in [5.74, 6) is 0.238. The molecule has 1 aromatic carbocycles. The Hall–Kier alpha value is -1.41. The van der Waals surface area contributed by atoms with Gasteiger partial charge in [-0.2, -0.15) is 0 Å². The van der Waals surface area contributed by atoms with Crippen molar-refractivity contribution in [3.8, 4) is 0 Å². The minimum absolute atomic E-state index is 0.238. The second-order valence-electron chi connectivity index (χ2n) is 4.22. The highest BCUT2D eigenvalue weighted by atomic mass is 32.1. The third-order valence-electron chi connectivity index (χ3n) is 2.83. The number of hydrogen-bond donors (Lipinski definition) is 0. The van der Waals surface area contributed by atoms with Crippen molar-refractivity contribution in [3.05, 3.63) is 57.3 Å². The summed E-state index contributed by atoms with van der Waals surface area (Å²) in [4.78, 5) is 13.1. The molecule has 0 aliphatic carbocycles. The Morgan fingerprint density at radius 1 is 1.29 bits per heavy atom. The van der Waals surface area contributed by atoms with Crippen LogP contribution in [0.3, 0.4) is 0 Å². The summed E-state index contributed by atoms with van der Waals surface area (Å²) in [6.07, 6.45) is 1.44. The number of carbonyl (C=O) groups excluding carboxylic acids is 1. The molecule has 0 N–H and O–H groups in total. The molecule has 17 heavy (non-hydrogen) atoms. The Bertz CT molecular complexity index is 525. The van der Waals surface area contributed by atoms with Crippen molar-refractivity contribution in [1.82, 2.24) is 0 Å². The Balaban J connectivity index is 2.17. The number of aryl methyl sites for hydroxylation is 2. The van der Waals surface area contributed by atoms with Gasteiger partial charge < -0.3 is 0 Å². The van der Waals surface area contributed by atoms with Gasteiger partial charge in [0, 0.05) is 6.42 Å². The van der Waals surface area contributed by atoms with Crippen LogP contribution in [0.1, 0.15) is 33.3 Å². The highest BCUT2D eigenvalue weighted by Gasteiger charge is 2.12. The maximum absolute atomic E-state index is 12.2. The van der Waals surface area contributed by atoms with Gasteiger partial charge in [-0.05, 0) is 35.9 Å². The fraction of sp³-hybridized carbons (Fsp3) is 0.267. The van der Waals surface area contributed by atoms with Crippen molar-refractivity contribution in [3.63, 3.8) is 0 Å². The van der Waals surface area contributed by atoms with Crippen LogP contribution >= 0.6 is 11.3 Å². The third-order valence-corrected chi connectivity index (χ3v) is 3.83. The van der Waals surface area contributed by atoms with E-state index in [1.54, 1.807) is 11.3 Å². The van der Waals surface area contributed by atoms with Crippen LogP contribution in [0.5, 0.6) is 0 Å². The standard InChI is InChI=1S/C15H16OS/c1-3-13-7-8-17-15(13)14(16)10-12-6-4-5-11(2)9-12/h4-9H,3,10H2,1-2H3. The molecule has 0 radical (unpaired) electrons. The van der Waals surface area contributed by atoms with E-state index in [1.165, 1.54) is 11.1 Å². The second kappa shape index (κ2) is 5.28. The van der Waals surface area contributed by atoms with Gasteiger partial charge in [0.25, 0.3) is 0 Å². The molecule has 0 amide bonds. The first kappa shape index (κ1) is 12.1. The Morgan fingerprint density at radius 3 is 2.82 bits per heavy atom. The molecule has 2 aromatic rings. The average Bonchev–Trinajstić information content (AvgIpc) is 2.77. The molecule has 0 unspecified atom stereocenters. The summed E-state index contributed by atoms with van der Waals surface area (Å²) >= 11 is 1.56. The lowest BCUT2D eigenvalue weighted by Crippen LogP contribution is -2.03. The first-order chi connectivity index (χ1) is 8.20. The van der Waals surface area contributed by atoms with Crippen LogP contribution in [0.2, 0.25) is 0 Å². The quantitative estimate of drug-likeness (QED) is 0.742. The van der Waals surface area contributed by atoms with Crippen LogP contribution in [0.15, 0.2) is 35.7 Å². The van der Waals surface area contributed by atoms with E-state index >= 15 is 0 Å². The van der Waals surface area contributed by atoms with Gasteiger partial charge in [0.15, 0.2) is 5.78 Å². The van der Waals surface area contributed by atoms with Gasteiger partial charge in [-0.1, -0.05) is 36.8 Å². The van der Waals surface area contributed by atoms with Crippen LogP contribution in [-0.4, -0.2) is 5.78 Å². The SMILES string of the molecule is CCc1ccsc1C(=O)Cc1cccc(C)c1. The van der Waals surface area contributed by atoms with Crippen LogP contribution in [-0.2, 0) is 12.8 Å². The van der Waals surface area contributed by atoms with E-state index in [-0.39, 0.29) is 5.78 Å². The van der Waals surface area contributed by atoms with Crippen molar-refractivity contribution in [2.45, 2.75) is 26.7 Å². The number of carbonyl (C=O) groups is 1. The summed E-state index contributed by atoms with van der Waals surface area (Å²) < 4.78 is 0. The predicted octanol–water partition coefficient (Wildman–Crippen LogP) is 4.04. The largest absolute Gasteiger partial charge is 0.293 e. The zero-order chi connectivity index (χ0) is 12.3. The van der Waals surface area contributed by atoms with Gasteiger partial charge in [-0.25, -0.2) is 0 Å². The lowest BCUT2D eigenvalue weighted by molar-refractivity contribution is 0.0996. The number of Topliss-reactive ketones (excluding diaryl/α,β-unsaturated/α-hetero) is 1. The Morgan fingerprint density at radius 2 is 2.12 bits per heavy atom. The minimum Gasteiger partial charge on any atom is -0.293 e. The highest BCUT2D eigenvalue weighted by molar-refractivity contribution is 7.12. The molecule has 1 nitrogen and oxygen atoms in total. The minimum atomic E-state index is 0.238. The first-order valence-electron chi connectivity index (χ1n) is 5.86.